The number of hydrogen-bond donors (Lipinski definition) is 1. The van der Waals surface area contributed by atoms with E-state index in [1.807, 2.05) is 37.4 Å². The Kier molecular flexibility index (Phi) is 6.52. The topological polar surface area (TPSA) is 79.4 Å². The van der Waals surface area contributed by atoms with E-state index >= 15 is 0 Å². The van der Waals surface area contributed by atoms with Crippen LogP contribution in [0.2, 0.25) is 0 Å². The van der Waals surface area contributed by atoms with E-state index in [-0.39, 0.29) is 17.6 Å². The summed E-state index contributed by atoms with van der Waals surface area (Å²) in [5.41, 5.74) is 3.77. The number of piperidine rings is 1. The first kappa shape index (κ1) is 21.0. The van der Waals surface area contributed by atoms with Crippen molar-refractivity contribution in [1.82, 2.24) is 14.6 Å². The van der Waals surface area contributed by atoms with E-state index in [0.29, 0.717) is 19.6 Å². The fourth-order valence-electron chi connectivity index (χ4n) is 3.45. The van der Waals surface area contributed by atoms with E-state index in [1.54, 1.807) is 15.6 Å². The van der Waals surface area contributed by atoms with Crippen molar-refractivity contribution in [3.05, 3.63) is 51.0 Å². The average Bonchev–Trinajstić information content (AvgIpc) is 3.12. The van der Waals surface area contributed by atoms with Gasteiger partial charge < -0.3 is 5.32 Å². The largest absolute Gasteiger partial charge is 0.351 e. The first-order valence-electron chi connectivity index (χ1n) is 9.47. The molecule has 1 aliphatic rings. The number of hydrogen-bond acceptors (Lipinski definition) is 5. The van der Waals surface area contributed by atoms with Crippen molar-refractivity contribution in [3.8, 4) is 0 Å². The number of nitrogens with one attached hydrogen (secondary N) is 1. The SMILES string of the molecule is CC(=O)NCc1csc([C@@H]2CCCN(S(=O)(=O)Cc3cc(C)ccc3C)C2)n1. The van der Waals surface area contributed by atoms with Crippen LogP contribution in [0.4, 0.5) is 0 Å². The Morgan fingerprint density at radius 1 is 1.36 bits per heavy atom. The van der Waals surface area contributed by atoms with Crippen LogP contribution in [0.5, 0.6) is 0 Å². The fourth-order valence-corrected chi connectivity index (χ4v) is 6.10. The van der Waals surface area contributed by atoms with Crippen LogP contribution in [0.1, 0.15) is 53.1 Å². The highest BCUT2D eigenvalue weighted by molar-refractivity contribution is 7.88. The highest BCUT2D eigenvalue weighted by Crippen LogP contribution is 2.31. The predicted octanol–water partition coefficient (Wildman–Crippen LogP) is 3.11. The van der Waals surface area contributed by atoms with Gasteiger partial charge in [-0.25, -0.2) is 17.7 Å². The molecular formula is C20H27N3O3S2. The van der Waals surface area contributed by atoms with Crippen molar-refractivity contribution in [3.63, 3.8) is 0 Å². The molecule has 0 saturated carbocycles. The predicted molar refractivity (Wildman–Crippen MR) is 112 cm³/mol. The second-order valence-corrected chi connectivity index (χ2v) is 10.3. The molecule has 1 amide bonds. The third kappa shape index (κ3) is 5.18. The normalized spacial score (nSPS) is 18.2. The van der Waals surface area contributed by atoms with Gasteiger partial charge in [0.05, 0.1) is 23.0 Å². The third-order valence-electron chi connectivity index (χ3n) is 5.06. The Hall–Kier alpha value is -1.77. The molecular weight excluding hydrogens is 394 g/mol. The second-order valence-electron chi connectivity index (χ2n) is 7.47. The Morgan fingerprint density at radius 3 is 2.89 bits per heavy atom. The van der Waals surface area contributed by atoms with Gasteiger partial charge in [0.25, 0.3) is 0 Å². The summed E-state index contributed by atoms with van der Waals surface area (Å²) in [4.78, 5) is 15.7. The van der Waals surface area contributed by atoms with E-state index in [2.05, 4.69) is 10.3 Å². The van der Waals surface area contributed by atoms with Crippen LogP contribution < -0.4 is 5.32 Å². The summed E-state index contributed by atoms with van der Waals surface area (Å²) >= 11 is 1.54. The minimum atomic E-state index is -3.38. The minimum Gasteiger partial charge on any atom is -0.351 e. The number of rotatable bonds is 6. The molecule has 0 spiro atoms. The number of thiazole rings is 1. The van der Waals surface area contributed by atoms with Crippen molar-refractivity contribution in [2.75, 3.05) is 13.1 Å². The molecule has 1 fully saturated rings. The molecule has 0 unspecified atom stereocenters. The molecule has 1 saturated heterocycles. The Morgan fingerprint density at radius 2 is 2.14 bits per heavy atom. The third-order valence-corrected chi connectivity index (χ3v) is 7.91. The van der Waals surface area contributed by atoms with Crippen molar-refractivity contribution < 1.29 is 13.2 Å². The van der Waals surface area contributed by atoms with Gasteiger partial charge in [0, 0.05) is 31.3 Å². The number of aryl methyl sites for hydroxylation is 2. The number of nitrogens with zero attached hydrogens (tertiary/aromatic N) is 2. The maximum atomic E-state index is 13.0. The minimum absolute atomic E-state index is 0.0406. The zero-order valence-electron chi connectivity index (χ0n) is 16.6. The molecule has 1 aliphatic heterocycles. The highest BCUT2D eigenvalue weighted by Gasteiger charge is 2.31. The van der Waals surface area contributed by atoms with E-state index in [0.717, 1.165) is 40.2 Å². The molecule has 6 nitrogen and oxygen atoms in total. The van der Waals surface area contributed by atoms with Crippen LogP contribution in [-0.2, 0) is 27.1 Å². The van der Waals surface area contributed by atoms with Crippen LogP contribution in [0.25, 0.3) is 0 Å². The van der Waals surface area contributed by atoms with Crippen molar-refractivity contribution in [2.24, 2.45) is 0 Å². The summed E-state index contributed by atoms with van der Waals surface area (Å²) in [5.74, 6) is 0.0629. The van der Waals surface area contributed by atoms with Gasteiger partial charge in [-0.1, -0.05) is 23.8 Å². The number of amides is 1. The van der Waals surface area contributed by atoms with Crippen LogP contribution in [0, 0.1) is 13.8 Å². The molecule has 152 valence electrons. The van der Waals surface area contributed by atoms with E-state index in [9.17, 15) is 13.2 Å². The fraction of sp³-hybridized carbons (Fsp3) is 0.500. The molecule has 28 heavy (non-hydrogen) atoms. The maximum absolute atomic E-state index is 13.0. The van der Waals surface area contributed by atoms with Crippen LogP contribution >= 0.6 is 11.3 Å². The highest BCUT2D eigenvalue weighted by atomic mass is 32.2. The van der Waals surface area contributed by atoms with Gasteiger partial charge in [-0.05, 0) is 37.8 Å². The summed E-state index contributed by atoms with van der Waals surface area (Å²) in [6, 6.07) is 5.94. The van der Waals surface area contributed by atoms with E-state index < -0.39 is 10.0 Å². The zero-order valence-corrected chi connectivity index (χ0v) is 18.2. The van der Waals surface area contributed by atoms with Crippen LogP contribution in [0.3, 0.4) is 0 Å². The number of carbonyl (C=O) groups is 1. The molecule has 8 heteroatoms. The quantitative estimate of drug-likeness (QED) is 0.777. The summed E-state index contributed by atoms with van der Waals surface area (Å²) < 4.78 is 27.7. The van der Waals surface area contributed by atoms with Crippen molar-refractivity contribution in [1.29, 1.82) is 0 Å². The summed E-state index contributed by atoms with van der Waals surface area (Å²) in [6.45, 7) is 6.86. The number of carbonyl (C=O) groups excluding carboxylic acids is 1. The van der Waals surface area contributed by atoms with Crippen LogP contribution in [-0.4, -0.2) is 36.7 Å². The molecule has 1 N–H and O–H groups in total. The lowest BCUT2D eigenvalue weighted by molar-refractivity contribution is -0.119. The summed E-state index contributed by atoms with van der Waals surface area (Å²) in [7, 11) is -3.38. The first-order valence-corrected chi connectivity index (χ1v) is 12.0. The molecule has 0 aliphatic carbocycles. The Bertz CT molecular complexity index is 953. The van der Waals surface area contributed by atoms with Gasteiger partial charge in [0.15, 0.2) is 0 Å². The molecule has 1 atom stereocenters. The van der Waals surface area contributed by atoms with Gasteiger partial charge in [-0.3, -0.25) is 4.79 Å². The number of sulfonamides is 1. The van der Waals surface area contributed by atoms with Gasteiger partial charge >= 0.3 is 0 Å². The standard InChI is InChI=1S/C20H27N3O3S2/c1-14-6-7-15(2)18(9-14)13-28(25,26)23-8-4-5-17(11-23)20-22-19(12-27-20)10-21-16(3)24/h6-7,9,12,17H,4-5,8,10-11,13H2,1-3H3,(H,21,24)/t17-/m1/s1. The van der Waals surface area contributed by atoms with Crippen LogP contribution in [0.15, 0.2) is 23.6 Å². The Balaban J connectivity index is 1.70. The molecule has 2 aromatic rings. The van der Waals surface area contributed by atoms with Gasteiger partial charge in [0.1, 0.15) is 0 Å². The number of benzene rings is 1. The summed E-state index contributed by atoms with van der Waals surface area (Å²) in [6.07, 6.45) is 1.76. The first-order chi connectivity index (χ1) is 13.2. The summed E-state index contributed by atoms with van der Waals surface area (Å²) in [5, 5.41) is 5.64. The average molecular weight is 422 g/mol. The van der Waals surface area contributed by atoms with Gasteiger partial charge in [0.2, 0.25) is 15.9 Å². The lowest BCUT2D eigenvalue weighted by Gasteiger charge is -2.31. The van der Waals surface area contributed by atoms with Crippen molar-refractivity contribution in [2.45, 2.75) is 51.8 Å². The molecule has 1 aromatic heterocycles. The molecule has 0 radical (unpaired) electrons. The monoisotopic (exact) mass is 421 g/mol. The molecule has 0 bridgehead atoms. The smallest absolute Gasteiger partial charge is 0.218 e. The second kappa shape index (κ2) is 8.71. The Labute approximate surface area is 171 Å². The molecule has 2 heterocycles. The lowest BCUT2D eigenvalue weighted by Crippen LogP contribution is -2.39. The maximum Gasteiger partial charge on any atom is 0.218 e. The van der Waals surface area contributed by atoms with Gasteiger partial charge in [-0.2, -0.15) is 0 Å². The van der Waals surface area contributed by atoms with E-state index in [1.165, 1.54) is 6.92 Å². The van der Waals surface area contributed by atoms with Gasteiger partial charge in [-0.15, -0.1) is 11.3 Å². The number of aromatic nitrogens is 1. The van der Waals surface area contributed by atoms with E-state index in [4.69, 9.17) is 0 Å². The van der Waals surface area contributed by atoms with Crippen molar-refractivity contribution >= 4 is 27.3 Å². The molecule has 3 rings (SSSR count). The lowest BCUT2D eigenvalue weighted by atomic mass is 10.0. The zero-order chi connectivity index (χ0) is 20.3. The molecule has 1 aromatic carbocycles.